The molecule has 1 N–H and O–H groups in total. The molecule has 1 atom stereocenters. The van der Waals surface area contributed by atoms with Crippen molar-refractivity contribution in [2.45, 2.75) is 19.4 Å². The van der Waals surface area contributed by atoms with Crippen LogP contribution in [0.25, 0.3) is 0 Å². The molecule has 2 aromatic rings. The van der Waals surface area contributed by atoms with Crippen LogP contribution in [-0.4, -0.2) is 32.1 Å². The van der Waals surface area contributed by atoms with E-state index in [2.05, 4.69) is 5.32 Å². The van der Waals surface area contributed by atoms with Gasteiger partial charge in [-0.1, -0.05) is 29.8 Å². The Labute approximate surface area is 156 Å². The summed E-state index contributed by atoms with van der Waals surface area (Å²) in [6.45, 7) is 1.45. The number of amides is 2. The van der Waals surface area contributed by atoms with E-state index in [1.165, 1.54) is 26.0 Å². The summed E-state index contributed by atoms with van der Waals surface area (Å²) in [5.41, 5.74) is 2.14. The highest BCUT2D eigenvalue weighted by Crippen LogP contribution is 2.37. The standard InChI is InChI=1S/C19H19ClN2O4/c1-11(23)22-15-7-5-4-6-12(15)8-16(22)19(24)21-14-9-13(20)17(25-2)10-18(14)26-3/h4-7,9-10,16H,8H2,1-3H3,(H,21,24)/t16-/m0/s1. The van der Waals surface area contributed by atoms with Crippen molar-refractivity contribution in [2.75, 3.05) is 24.4 Å². The Kier molecular flexibility index (Phi) is 5.04. The summed E-state index contributed by atoms with van der Waals surface area (Å²) in [5, 5.41) is 3.17. The normalized spacial score (nSPS) is 15.4. The molecule has 0 fully saturated rings. The summed E-state index contributed by atoms with van der Waals surface area (Å²) >= 11 is 6.16. The molecule has 0 spiro atoms. The first-order valence-corrected chi connectivity index (χ1v) is 8.44. The molecule has 2 amide bonds. The third-order valence-corrected chi connectivity index (χ3v) is 4.65. The number of methoxy groups -OCH3 is 2. The number of nitrogens with zero attached hydrogens (tertiary/aromatic N) is 1. The maximum atomic E-state index is 12.9. The SMILES string of the molecule is COc1cc(OC)c(NC(=O)[C@@H]2Cc3ccccc3N2C(C)=O)cc1Cl. The molecule has 0 saturated carbocycles. The lowest BCUT2D eigenvalue weighted by molar-refractivity contribution is -0.122. The van der Waals surface area contributed by atoms with Gasteiger partial charge in [-0.05, 0) is 17.7 Å². The number of benzene rings is 2. The Hall–Kier alpha value is -2.73. The van der Waals surface area contributed by atoms with Crippen LogP contribution in [0.15, 0.2) is 36.4 Å². The summed E-state index contributed by atoms with van der Waals surface area (Å²) in [5.74, 6) is 0.371. The van der Waals surface area contributed by atoms with Crippen molar-refractivity contribution in [3.63, 3.8) is 0 Å². The summed E-state index contributed by atoms with van der Waals surface area (Å²) < 4.78 is 10.5. The Morgan fingerprint density at radius 1 is 1.15 bits per heavy atom. The molecule has 0 unspecified atom stereocenters. The summed E-state index contributed by atoms with van der Waals surface area (Å²) in [6, 6.07) is 10.0. The summed E-state index contributed by atoms with van der Waals surface area (Å²) in [7, 11) is 2.99. The van der Waals surface area contributed by atoms with Gasteiger partial charge in [0, 0.05) is 25.1 Å². The highest BCUT2D eigenvalue weighted by molar-refractivity contribution is 6.32. The summed E-state index contributed by atoms with van der Waals surface area (Å²) in [6.07, 6.45) is 0.452. The first kappa shape index (κ1) is 18.1. The molecule has 0 radical (unpaired) electrons. The number of anilines is 2. The number of hydrogen-bond donors (Lipinski definition) is 1. The lowest BCUT2D eigenvalue weighted by Crippen LogP contribution is -2.44. The average Bonchev–Trinajstić information content (AvgIpc) is 3.02. The van der Waals surface area contributed by atoms with Gasteiger partial charge in [0.2, 0.25) is 11.8 Å². The van der Waals surface area contributed by atoms with Crippen molar-refractivity contribution in [3.05, 3.63) is 47.0 Å². The zero-order valence-corrected chi connectivity index (χ0v) is 15.5. The van der Waals surface area contributed by atoms with Gasteiger partial charge in [0.05, 0.1) is 24.9 Å². The van der Waals surface area contributed by atoms with E-state index in [0.29, 0.717) is 28.6 Å². The number of halogens is 1. The van der Waals surface area contributed by atoms with Gasteiger partial charge in [0.25, 0.3) is 0 Å². The lowest BCUT2D eigenvalue weighted by atomic mass is 10.1. The van der Waals surface area contributed by atoms with Crippen molar-refractivity contribution in [3.8, 4) is 11.5 Å². The van der Waals surface area contributed by atoms with E-state index in [9.17, 15) is 9.59 Å². The van der Waals surface area contributed by atoms with E-state index in [0.717, 1.165) is 11.3 Å². The Morgan fingerprint density at radius 2 is 1.85 bits per heavy atom. The van der Waals surface area contributed by atoms with Gasteiger partial charge in [0.15, 0.2) is 0 Å². The van der Waals surface area contributed by atoms with Gasteiger partial charge >= 0.3 is 0 Å². The number of para-hydroxylation sites is 1. The number of nitrogens with one attached hydrogen (secondary N) is 1. The van der Waals surface area contributed by atoms with E-state index in [-0.39, 0.29) is 11.8 Å². The summed E-state index contributed by atoms with van der Waals surface area (Å²) in [4.78, 5) is 26.5. The second-order valence-corrected chi connectivity index (χ2v) is 6.32. The van der Waals surface area contributed by atoms with Crippen LogP contribution in [0.1, 0.15) is 12.5 Å². The third-order valence-electron chi connectivity index (χ3n) is 4.35. The number of carbonyl (C=O) groups is 2. The molecule has 1 aliphatic heterocycles. The molecule has 0 aliphatic carbocycles. The van der Waals surface area contributed by atoms with Crippen LogP contribution < -0.4 is 19.7 Å². The molecule has 0 saturated heterocycles. The maximum absolute atomic E-state index is 12.9. The topological polar surface area (TPSA) is 67.9 Å². The van der Waals surface area contributed by atoms with Crippen molar-refractivity contribution >= 4 is 34.8 Å². The smallest absolute Gasteiger partial charge is 0.248 e. The number of carbonyl (C=O) groups excluding carboxylic acids is 2. The van der Waals surface area contributed by atoms with Crippen LogP contribution >= 0.6 is 11.6 Å². The lowest BCUT2D eigenvalue weighted by Gasteiger charge is -2.24. The van der Waals surface area contributed by atoms with Gasteiger partial charge in [0.1, 0.15) is 17.5 Å². The Morgan fingerprint density at radius 3 is 2.50 bits per heavy atom. The van der Waals surface area contributed by atoms with Crippen LogP contribution in [0.4, 0.5) is 11.4 Å². The van der Waals surface area contributed by atoms with Crippen molar-refractivity contribution in [2.24, 2.45) is 0 Å². The van der Waals surface area contributed by atoms with E-state index < -0.39 is 6.04 Å². The molecular weight excluding hydrogens is 356 g/mol. The second-order valence-electron chi connectivity index (χ2n) is 5.91. The van der Waals surface area contributed by atoms with Gasteiger partial charge in [-0.3, -0.25) is 14.5 Å². The molecule has 6 nitrogen and oxygen atoms in total. The minimum atomic E-state index is -0.629. The van der Waals surface area contributed by atoms with Crippen LogP contribution in [0.3, 0.4) is 0 Å². The third kappa shape index (κ3) is 3.20. The quantitative estimate of drug-likeness (QED) is 0.891. The van der Waals surface area contributed by atoms with E-state index in [1.54, 1.807) is 12.1 Å². The van der Waals surface area contributed by atoms with Crippen molar-refractivity contribution < 1.29 is 19.1 Å². The fraction of sp³-hybridized carbons (Fsp3) is 0.263. The predicted octanol–water partition coefficient (Wildman–Crippen LogP) is 3.27. The van der Waals surface area contributed by atoms with Crippen LogP contribution in [0.2, 0.25) is 5.02 Å². The first-order chi connectivity index (χ1) is 12.5. The van der Waals surface area contributed by atoms with Crippen LogP contribution in [0.5, 0.6) is 11.5 Å². The number of ether oxygens (including phenoxy) is 2. The largest absolute Gasteiger partial charge is 0.495 e. The van der Waals surface area contributed by atoms with E-state index in [1.807, 2.05) is 24.3 Å². The van der Waals surface area contributed by atoms with E-state index >= 15 is 0 Å². The Bertz CT molecular complexity index is 869. The average molecular weight is 375 g/mol. The fourth-order valence-corrected chi connectivity index (χ4v) is 3.40. The molecule has 1 aliphatic rings. The molecule has 1 heterocycles. The molecule has 26 heavy (non-hydrogen) atoms. The van der Waals surface area contributed by atoms with Gasteiger partial charge in [-0.2, -0.15) is 0 Å². The van der Waals surface area contributed by atoms with Gasteiger partial charge in [-0.25, -0.2) is 0 Å². The Balaban J connectivity index is 1.89. The molecule has 7 heteroatoms. The first-order valence-electron chi connectivity index (χ1n) is 8.06. The zero-order valence-electron chi connectivity index (χ0n) is 14.7. The predicted molar refractivity (Wildman–Crippen MR) is 100 cm³/mol. The molecule has 3 rings (SSSR count). The van der Waals surface area contributed by atoms with E-state index in [4.69, 9.17) is 21.1 Å². The van der Waals surface area contributed by atoms with Crippen molar-refractivity contribution in [1.82, 2.24) is 0 Å². The monoisotopic (exact) mass is 374 g/mol. The zero-order chi connectivity index (χ0) is 18.8. The van der Waals surface area contributed by atoms with Crippen molar-refractivity contribution in [1.29, 1.82) is 0 Å². The molecule has 0 bridgehead atoms. The molecule has 0 aromatic heterocycles. The highest BCUT2D eigenvalue weighted by Gasteiger charge is 2.37. The molecule has 136 valence electrons. The van der Waals surface area contributed by atoms with Gasteiger partial charge < -0.3 is 14.8 Å². The molecule has 2 aromatic carbocycles. The number of hydrogen-bond acceptors (Lipinski definition) is 4. The highest BCUT2D eigenvalue weighted by atomic mass is 35.5. The number of rotatable bonds is 4. The van der Waals surface area contributed by atoms with Gasteiger partial charge in [-0.15, -0.1) is 0 Å². The fourth-order valence-electron chi connectivity index (χ4n) is 3.16. The molecular formula is C19H19ClN2O4. The maximum Gasteiger partial charge on any atom is 0.248 e. The second kappa shape index (κ2) is 7.25. The minimum Gasteiger partial charge on any atom is -0.495 e. The van der Waals surface area contributed by atoms with Crippen LogP contribution in [0, 0.1) is 0 Å². The van der Waals surface area contributed by atoms with Crippen LogP contribution in [-0.2, 0) is 16.0 Å². The number of fused-ring (bicyclic) bond motifs is 1. The minimum absolute atomic E-state index is 0.185.